The molecule has 0 aliphatic heterocycles. The summed E-state index contributed by atoms with van der Waals surface area (Å²) in [5.41, 5.74) is 16.0. The number of nitrogens with two attached hydrogens (primary N) is 3. The van der Waals surface area contributed by atoms with Crippen LogP contribution in [0.15, 0.2) is 85.2 Å². The maximum atomic E-state index is 11.7. The Morgan fingerprint density at radius 2 is 1.16 bits per heavy atom. The molecule has 0 saturated carbocycles. The van der Waals surface area contributed by atoms with Crippen LogP contribution in [0.3, 0.4) is 0 Å². The van der Waals surface area contributed by atoms with E-state index in [1.807, 2.05) is 76.4 Å². The minimum Gasteiger partial charge on any atom is -0.384 e. The number of nitrogens with one attached hydrogen (secondary N) is 2. The number of alkyl halides is 1. The van der Waals surface area contributed by atoms with Gasteiger partial charge in [0.1, 0.15) is 49.7 Å². The first-order valence-corrected chi connectivity index (χ1v) is 25.7. The smallest absolute Gasteiger partial charge is 0.384 e. The number of nitrogen functional groups attached to an aromatic ring is 3. The molecular weight excluding hydrogens is 1370 g/mol. The van der Waals surface area contributed by atoms with Gasteiger partial charge in [-0.1, -0.05) is 116 Å². The van der Waals surface area contributed by atoms with Crippen molar-refractivity contribution in [2.75, 3.05) is 47.4 Å². The summed E-state index contributed by atoms with van der Waals surface area (Å²) in [4.78, 5) is 43.0. The molecule has 24 heteroatoms. The van der Waals surface area contributed by atoms with Gasteiger partial charge in [0.25, 0.3) is 0 Å². The minimum atomic E-state index is -0.437. The average Bonchev–Trinajstić information content (AvgIpc) is 3.75. The van der Waals surface area contributed by atoms with Crippen LogP contribution in [0.25, 0.3) is 5.65 Å². The number of methoxy groups -OCH3 is 2. The zero-order chi connectivity index (χ0) is 52.4. The van der Waals surface area contributed by atoms with E-state index in [0.717, 1.165) is 21.7 Å². The van der Waals surface area contributed by atoms with Crippen LogP contribution in [-0.2, 0) is 19.1 Å². The predicted molar refractivity (Wildman–Crippen MR) is 312 cm³/mol. The summed E-state index contributed by atoms with van der Waals surface area (Å²) in [6, 6.07) is 21.1. The van der Waals surface area contributed by atoms with E-state index in [1.54, 1.807) is 68.9 Å². The number of amides is 2. The molecule has 0 bridgehead atoms. The van der Waals surface area contributed by atoms with E-state index in [2.05, 4.69) is 140 Å². The fraction of sp³-hybridized carbons (Fsp3) is 0.333. The van der Waals surface area contributed by atoms with Crippen molar-refractivity contribution < 1.29 is 37.9 Å². The van der Waals surface area contributed by atoms with Crippen molar-refractivity contribution in [3.8, 4) is 0 Å². The van der Waals surface area contributed by atoms with Gasteiger partial charge in [0, 0.05) is 37.4 Å². The molecule has 0 fully saturated rings. The van der Waals surface area contributed by atoms with Crippen LogP contribution in [0.1, 0.15) is 62.3 Å². The molecule has 0 radical (unpaired) electrons. The van der Waals surface area contributed by atoms with Crippen molar-refractivity contribution in [3.63, 3.8) is 0 Å². The summed E-state index contributed by atoms with van der Waals surface area (Å²) >= 11 is 32.5. The van der Waals surface area contributed by atoms with E-state index in [1.165, 1.54) is 5.92 Å². The van der Waals surface area contributed by atoms with Crippen LogP contribution in [0, 0.1) is 27.5 Å². The SMILES string of the molecule is CC(C)(C)C(=O)Nc1cccc(Cl)n1.CC(C)(C)C(=O)Nc1nc(Cl)ccc1I.COC(CBr)OC.C[C-](C)C.Clc1ccc(I)c2nccn12.Nc1cccc(N)n1.Nc1nc(Cl)ccc1I.[Li+]. The first-order valence-electron chi connectivity index (χ1n) is 19.8. The first kappa shape index (κ1) is 69.1. The molecule has 6 aromatic heterocycles. The quantitative estimate of drug-likeness (QED) is 0.0272. The van der Waals surface area contributed by atoms with E-state index in [4.69, 9.17) is 73.1 Å². The third-order valence-electron chi connectivity index (χ3n) is 7.10. The normalized spacial score (nSPS) is 10.3. The van der Waals surface area contributed by atoms with Gasteiger partial charge in [0.15, 0.2) is 11.9 Å². The number of aromatic nitrogens is 6. The van der Waals surface area contributed by atoms with E-state index in [0.29, 0.717) is 49.7 Å². The molecule has 8 N–H and O–H groups in total. The number of anilines is 5. The van der Waals surface area contributed by atoms with Crippen molar-refractivity contribution in [2.45, 2.75) is 68.6 Å². The summed E-state index contributed by atoms with van der Waals surface area (Å²) in [7, 11) is 3.21. The van der Waals surface area contributed by atoms with E-state index < -0.39 is 10.8 Å². The number of nitrogens with zero attached hydrogens (tertiary/aromatic N) is 6. The monoisotopic (exact) mass is 1420 g/mol. The fourth-order valence-electron chi connectivity index (χ4n) is 3.66. The Balaban J connectivity index is 0. The number of halogens is 8. The summed E-state index contributed by atoms with van der Waals surface area (Å²) < 4.78 is 14.3. The molecule has 69 heavy (non-hydrogen) atoms. The Kier molecular flexibility index (Phi) is 36.0. The molecule has 0 spiro atoms. The zero-order valence-electron chi connectivity index (χ0n) is 40.4. The maximum absolute atomic E-state index is 11.7. The van der Waals surface area contributed by atoms with Gasteiger partial charge in [-0.25, -0.2) is 24.9 Å². The van der Waals surface area contributed by atoms with Crippen LogP contribution < -0.4 is 46.7 Å². The van der Waals surface area contributed by atoms with E-state index in [9.17, 15) is 9.59 Å². The van der Waals surface area contributed by atoms with Crippen LogP contribution >= 0.6 is 130 Å². The van der Waals surface area contributed by atoms with Gasteiger partial charge in [0.05, 0.1) is 16.0 Å². The van der Waals surface area contributed by atoms with Crippen LogP contribution in [0.5, 0.6) is 0 Å². The molecule has 0 aliphatic rings. The molecule has 6 aromatic rings. The molecule has 0 saturated heterocycles. The predicted octanol–water partition coefficient (Wildman–Crippen LogP) is 10.4. The van der Waals surface area contributed by atoms with Crippen molar-refractivity contribution in [2.24, 2.45) is 10.8 Å². The Morgan fingerprint density at radius 1 is 0.696 bits per heavy atom. The molecule has 0 aliphatic carbocycles. The van der Waals surface area contributed by atoms with Crippen LogP contribution in [0.4, 0.5) is 29.1 Å². The molecule has 0 atom stereocenters. The average molecular weight is 1430 g/mol. The number of hydrogen-bond donors (Lipinski definition) is 5. The van der Waals surface area contributed by atoms with Gasteiger partial charge in [-0.2, -0.15) is 20.8 Å². The van der Waals surface area contributed by atoms with Crippen molar-refractivity contribution in [3.05, 3.63) is 122 Å². The number of ether oxygens (including phenoxy) is 2. The number of carbonyl (C=O) groups excluding carboxylic acids is 2. The largest absolute Gasteiger partial charge is 1.00 e. The van der Waals surface area contributed by atoms with Gasteiger partial charge in [-0.3, -0.25) is 14.0 Å². The van der Waals surface area contributed by atoms with Crippen molar-refractivity contribution in [1.29, 1.82) is 0 Å². The second kappa shape index (κ2) is 36.0. The Labute approximate surface area is 487 Å². The van der Waals surface area contributed by atoms with Crippen molar-refractivity contribution >= 4 is 177 Å². The minimum absolute atomic E-state index is 0. The topological polar surface area (TPSA) is 224 Å². The molecule has 0 unspecified atom stereocenters. The maximum Gasteiger partial charge on any atom is 1.00 e. The number of rotatable bonds is 5. The second-order valence-corrected chi connectivity index (χ2v) is 21.6. The Bertz CT molecular complexity index is 2390. The number of hydrogen-bond acceptors (Lipinski definition) is 12. The number of carbonyl (C=O) groups is 2. The van der Waals surface area contributed by atoms with Gasteiger partial charge < -0.3 is 43.2 Å². The first-order chi connectivity index (χ1) is 31.5. The van der Waals surface area contributed by atoms with Crippen LogP contribution in [-0.4, -0.2) is 67.0 Å². The van der Waals surface area contributed by atoms with E-state index in [-0.39, 0.29) is 37.0 Å². The Morgan fingerprint density at radius 3 is 1.57 bits per heavy atom. The molecule has 374 valence electrons. The summed E-state index contributed by atoms with van der Waals surface area (Å²) in [5, 5.41) is 8.04. The molecule has 6 rings (SSSR count). The molecule has 2 amide bonds. The number of pyridine rings is 5. The van der Waals surface area contributed by atoms with Crippen molar-refractivity contribution in [1.82, 2.24) is 29.3 Å². The standard InChI is InChI=1S/C10H12ClIN2O.C10H13ClN2O.C7H4ClIN2.C5H4ClIN2.C5H7N3.C4H9BrO2.C4H9.Li/c1-10(2,3)9(15)14-8-6(12)4-5-7(11)13-8;1-10(2,3)9(14)13-8-6-4-5-7(11)12-8;8-6-2-1-5(9)7-10-3-4-11(6)7;6-4-2-1-3(7)5(8)9-4;6-4-2-1-3-5(7)8-4;1-6-4(3-5)7-2;1-4(2)3;/h4-5H,1-3H3,(H,13,14,15);4-6H,1-3H3,(H,12,13,14);1-4H;1-2H,(H2,8,9);1-3H,(H4,6,7,8);4H,3H2,1-2H3;1-3H3;/q;;;;;;-1;+1. The molecular formula is C45H58BrCl4I3LiN11O4. The van der Waals surface area contributed by atoms with Gasteiger partial charge in [-0.05, 0) is 128 Å². The third-order valence-corrected chi connectivity index (χ3v) is 11.2. The van der Waals surface area contributed by atoms with Gasteiger partial charge in [0.2, 0.25) is 11.8 Å². The van der Waals surface area contributed by atoms with Gasteiger partial charge in [-0.15, -0.1) is 0 Å². The van der Waals surface area contributed by atoms with E-state index >= 15 is 0 Å². The molecule has 6 heterocycles. The summed E-state index contributed by atoms with van der Waals surface area (Å²) in [5.74, 6) is 3.68. The van der Waals surface area contributed by atoms with Crippen LogP contribution in [0.2, 0.25) is 20.6 Å². The molecule has 15 nitrogen and oxygen atoms in total. The second-order valence-electron chi connectivity index (χ2n) is 15.9. The number of fused-ring (bicyclic) bond motifs is 1. The molecule has 0 aromatic carbocycles. The Hall–Kier alpha value is -2.02. The van der Waals surface area contributed by atoms with Gasteiger partial charge >= 0.3 is 18.9 Å². The fourth-order valence-corrected chi connectivity index (χ4v) is 6.16. The summed E-state index contributed by atoms with van der Waals surface area (Å²) in [6.07, 6.45) is 3.49. The summed E-state index contributed by atoms with van der Waals surface area (Å²) in [6.45, 7) is 17.3. The third kappa shape index (κ3) is 31.2. The zero-order valence-corrected chi connectivity index (χ0v) is 51.5. The number of imidazole rings is 1.